The van der Waals surface area contributed by atoms with Crippen molar-refractivity contribution in [3.63, 3.8) is 0 Å². The van der Waals surface area contributed by atoms with Gasteiger partial charge in [0.1, 0.15) is 37.1 Å². The summed E-state index contributed by atoms with van der Waals surface area (Å²) in [6, 6.07) is 12.9. The number of aliphatic hydroxyl groups is 1. The lowest BCUT2D eigenvalue weighted by Crippen LogP contribution is -2.48. The number of carbonyl (C=O) groups excluding carboxylic acids is 3. The van der Waals surface area contributed by atoms with Crippen molar-refractivity contribution < 1.29 is 24.2 Å². The number of aliphatic hydroxyl groups excluding tert-OH is 1. The molecule has 2 aromatic rings. The smallest absolute Gasteiger partial charge is 0.273 e. The molecular weight excluding hydrogens is 472 g/mol. The minimum atomic E-state index is -0.608. The third kappa shape index (κ3) is 5.12. The number of allylic oxidation sites excluding steroid dienone is 2. The molecule has 0 aromatic heterocycles. The number of nitrogens with one attached hydrogen (secondary N) is 3. The number of anilines is 1. The number of fused-ring (bicyclic) bond motifs is 2. The first-order valence-electron chi connectivity index (χ1n) is 12.2. The number of ether oxygens (including phenoxy) is 1. The number of benzene rings is 2. The van der Waals surface area contributed by atoms with Gasteiger partial charge < -0.3 is 35.5 Å². The predicted octanol–water partition coefficient (Wildman–Crippen LogP) is 2.37. The van der Waals surface area contributed by atoms with Crippen molar-refractivity contribution in [3.8, 4) is 5.75 Å². The molecule has 2 aliphatic heterocycles. The number of aldehydes is 1. The third-order valence-electron chi connectivity index (χ3n) is 6.62. The van der Waals surface area contributed by atoms with Gasteiger partial charge in [-0.3, -0.25) is 9.59 Å². The molecule has 5 rings (SSSR count). The van der Waals surface area contributed by atoms with Crippen molar-refractivity contribution in [2.45, 2.75) is 25.6 Å². The Hall–Kier alpha value is -4.37. The van der Waals surface area contributed by atoms with E-state index < -0.39 is 18.7 Å². The maximum Gasteiger partial charge on any atom is 0.273 e. The third-order valence-corrected chi connectivity index (χ3v) is 6.62. The Bertz CT molecular complexity index is 1310. The molecule has 9 nitrogen and oxygen atoms in total. The summed E-state index contributed by atoms with van der Waals surface area (Å²) in [4.78, 5) is 37.5. The molecular formula is C28H28N4O5. The summed E-state index contributed by atoms with van der Waals surface area (Å²) in [5.74, 6) is 0.0748. The van der Waals surface area contributed by atoms with Gasteiger partial charge in [-0.25, -0.2) is 0 Å². The molecule has 1 aliphatic carbocycles. The minimum Gasteiger partial charge on any atom is -0.488 e. The Kier molecular flexibility index (Phi) is 7.04. The lowest BCUT2D eigenvalue weighted by atomic mass is 9.89. The summed E-state index contributed by atoms with van der Waals surface area (Å²) in [7, 11) is 0. The molecule has 9 heteroatoms. The number of hydrogen-bond acceptors (Lipinski definition) is 7. The normalized spacial score (nSPS) is 18.2. The SMILES string of the molecule is O=CCN1C(=O)C(NCc2ccc3c(c2)C2=C(C=CCC2)CO3)=CNC1c1ccc(NC(=O)CO)cc1. The number of hydrogen-bond donors (Lipinski definition) is 4. The van der Waals surface area contributed by atoms with Crippen LogP contribution in [0.3, 0.4) is 0 Å². The van der Waals surface area contributed by atoms with Gasteiger partial charge in [-0.05, 0) is 59.4 Å². The molecule has 0 fully saturated rings. The van der Waals surface area contributed by atoms with Crippen molar-refractivity contribution >= 4 is 29.4 Å². The highest BCUT2D eigenvalue weighted by molar-refractivity contribution is 5.95. The van der Waals surface area contributed by atoms with E-state index in [1.165, 1.54) is 16.0 Å². The van der Waals surface area contributed by atoms with Crippen molar-refractivity contribution in [1.29, 1.82) is 0 Å². The van der Waals surface area contributed by atoms with Crippen LogP contribution in [0.5, 0.6) is 5.75 Å². The van der Waals surface area contributed by atoms with Crippen LogP contribution in [-0.4, -0.2) is 47.9 Å². The lowest BCUT2D eigenvalue weighted by molar-refractivity contribution is -0.133. The molecule has 0 bridgehead atoms. The second-order valence-corrected chi connectivity index (χ2v) is 9.00. The second kappa shape index (κ2) is 10.7. The van der Waals surface area contributed by atoms with Crippen molar-refractivity contribution in [2.24, 2.45) is 0 Å². The first kappa shape index (κ1) is 24.3. The molecule has 37 heavy (non-hydrogen) atoms. The Morgan fingerprint density at radius 3 is 2.84 bits per heavy atom. The maximum atomic E-state index is 13.3. The van der Waals surface area contributed by atoms with E-state index in [9.17, 15) is 14.4 Å². The molecule has 0 saturated carbocycles. The minimum absolute atomic E-state index is 0.0842. The van der Waals surface area contributed by atoms with E-state index >= 15 is 0 Å². The molecule has 4 N–H and O–H groups in total. The monoisotopic (exact) mass is 500 g/mol. The van der Waals surface area contributed by atoms with Gasteiger partial charge in [0, 0.05) is 24.0 Å². The summed E-state index contributed by atoms with van der Waals surface area (Å²) in [5, 5.41) is 17.9. The number of rotatable bonds is 8. The van der Waals surface area contributed by atoms with Crippen LogP contribution in [0.1, 0.15) is 35.7 Å². The highest BCUT2D eigenvalue weighted by Crippen LogP contribution is 2.38. The van der Waals surface area contributed by atoms with E-state index in [2.05, 4.69) is 34.2 Å². The van der Waals surface area contributed by atoms with Crippen LogP contribution in [-0.2, 0) is 20.9 Å². The molecule has 190 valence electrons. The van der Waals surface area contributed by atoms with E-state index in [0.717, 1.165) is 35.3 Å². The zero-order valence-electron chi connectivity index (χ0n) is 20.2. The molecule has 0 spiro atoms. The van der Waals surface area contributed by atoms with Crippen molar-refractivity contribution in [3.05, 3.63) is 88.8 Å². The van der Waals surface area contributed by atoms with Crippen LogP contribution in [0.4, 0.5) is 5.69 Å². The Balaban J connectivity index is 1.30. The van der Waals surface area contributed by atoms with Gasteiger partial charge in [0.05, 0.1) is 6.54 Å². The fourth-order valence-electron chi connectivity index (χ4n) is 4.77. The van der Waals surface area contributed by atoms with Crippen LogP contribution in [0.25, 0.3) is 5.57 Å². The Labute approximate surface area is 214 Å². The summed E-state index contributed by atoms with van der Waals surface area (Å²) >= 11 is 0. The summed E-state index contributed by atoms with van der Waals surface area (Å²) in [6.45, 7) is 0.337. The van der Waals surface area contributed by atoms with Gasteiger partial charge >= 0.3 is 0 Å². The van der Waals surface area contributed by atoms with Crippen LogP contribution < -0.4 is 20.7 Å². The van der Waals surface area contributed by atoms with Gasteiger partial charge in [0.25, 0.3) is 5.91 Å². The maximum absolute atomic E-state index is 13.3. The standard InChI is InChI=1S/C28H28N4O5/c33-12-11-32-27(19-6-8-21(9-7-19)31-26(35)16-34)30-15-24(28(32)36)29-14-18-5-10-25-23(13-18)22-4-2-1-3-20(22)17-37-25/h1,3,5-10,12-13,15,27,29-30,34H,2,4,11,14,16-17H2,(H,31,35). The van der Waals surface area contributed by atoms with E-state index in [1.54, 1.807) is 30.5 Å². The summed E-state index contributed by atoms with van der Waals surface area (Å²) in [6.07, 6.45) is 8.10. The topological polar surface area (TPSA) is 120 Å². The quantitative estimate of drug-likeness (QED) is 0.411. The zero-order valence-corrected chi connectivity index (χ0v) is 20.2. The Morgan fingerprint density at radius 2 is 2.05 bits per heavy atom. The molecule has 1 atom stereocenters. The average molecular weight is 501 g/mol. The summed E-state index contributed by atoms with van der Waals surface area (Å²) in [5.41, 5.74) is 6.29. The number of nitrogens with zero attached hydrogens (tertiary/aromatic N) is 1. The fourth-order valence-corrected chi connectivity index (χ4v) is 4.77. The Morgan fingerprint density at radius 1 is 1.22 bits per heavy atom. The molecule has 2 heterocycles. The number of carbonyl (C=O) groups is 3. The van der Waals surface area contributed by atoms with E-state index in [0.29, 0.717) is 30.8 Å². The number of amides is 2. The second-order valence-electron chi connectivity index (χ2n) is 9.00. The van der Waals surface area contributed by atoms with Gasteiger partial charge in [-0.15, -0.1) is 0 Å². The van der Waals surface area contributed by atoms with E-state index in [1.807, 2.05) is 12.1 Å². The van der Waals surface area contributed by atoms with Crippen molar-refractivity contribution in [2.75, 3.05) is 25.1 Å². The van der Waals surface area contributed by atoms with Crippen LogP contribution in [0.15, 0.2) is 72.1 Å². The zero-order chi connectivity index (χ0) is 25.8. The molecule has 0 radical (unpaired) electrons. The summed E-state index contributed by atoms with van der Waals surface area (Å²) < 4.78 is 5.91. The van der Waals surface area contributed by atoms with Gasteiger partial charge in [-0.1, -0.05) is 30.4 Å². The van der Waals surface area contributed by atoms with Gasteiger partial charge in [0.15, 0.2) is 0 Å². The van der Waals surface area contributed by atoms with Gasteiger partial charge in [0.2, 0.25) is 5.91 Å². The molecule has 2 amide bonds. The largest absolute Gasteiger partial charge is 0.488 e. The predicted molar refractivity (Wildman–Crippen MR) is 138 cm³/mol. The molecule has 1 unspecified atom stereocenters. The highest BCUT2D eigenvalue weighted by atomic mass is 16.5. The van der Waals surface area contributed by atoms with Gasteiger partial charge in [-0.2, -0.15) is 0 Å². The van der Waals surface area contributed by atoms with Crippen LogP contribution >= 0.6 is 0 Å². The van der Waals surface area contributed by atoms with Crippen LogP contribution in [0.2, 0.25) is 0 Å². The molecule has 0 saturated heterocycles. The molecule has 2 aromatic carbocycles. The lowest BCUT2D eigenvalue weighted by Gasteiger charge is -2.35. The van der Waals surface area contributed by atoms with Crippen LogP contribution in [0, 0.1) is 0 Å². The average Bonchev–Trinajstić information content (AvgIpc) is 2.94. The molecule has 3 aliphatic rings. The highest BCUT2D eigenvalue weighted by Gasteiger charge is 2.31. The first-order valence-corrected chi connectivity index (χ1v) is 12.2. The fraction of sp³-hybridized carbons (Fsp3) is 0.250. The van der Waals surface area contributed by atoms with E-state index in [-0.39, 0.29) is 12.5 Å². The van der Waals surface area contributed by atoms with Crippen molar-refractivity contribution in [1.82, 2.24) is 15.5 Å². The first-order chi connectivity index (χ1) is 18.1. The van der Waals surface area contributed by atoms with E-state index in [4.69, 9.17) is 9.84 Å².